The van der Waals surface area contributed by atoms with Crippen LogP contribution in [0.2, 0.25) is 0 Å². The van der Waals surface area contributed by atoms with Gasteiger partial charge < -0.3 is 4.74 Å². The molecule has 0 aliphatic heterocycles. The predicted molar refractivity (Wildman–Crippen MR) is 73.5 cm³/mol. The minimum Gasteiger partial charge on any atom is -0.454 e. The molecule has 19 heavy (non-hydrogen) atoms. The SMILES string of the molecule is CC(OC(=O)C1(C)CC1(Cl)Cl)C(=O)c1ccccc1. The molecule has 2 unspecified atom stereocenters. The van der Waals surface area contributed by atoms with Gasteiger partial charge in [-0.3, -0.25) is 9.59 Å². The molecule has 1 aromatic carbocycles. The molecule has 102 valence electrons. The van der Waals surface area contributed by atoms with Crippen molar-refractivity contribution in [2.75, 3.05) is 0 Å². The van der Waals surface area contributed by atoms with Gasteiger partial charge in [-0.2, -0.15) is 0 Å². The molecule has 2 rings (SSSR count). The molecule has 1 saturated carbocycles. The highest BCUT2D eigenvalue weighted by Gasteiger charge is 2.69. The fourth-order valence-corrected chi connectivity index (χ4v) is 2.49. The average Bonchev–Trinajstić information content (AvgIpc) is 2.90. The molecule has 0 N–H and O–H groups in total. The van der Waals surface area contributed by atoms with Crippen molar-refractivity contribution in [2.24, 2.45) is 5.41 Å². The third-order valence-electron chi connectivity index (χ3n) is 3.42. The molecule has 0 amide bonds. The number of ether oxygens (including phenoxy) is 1. The Morgan fingerprint density at radius 3 is 2.26 bits per heavy atom. The highest BCUT2D eigenvalue weighted by molar-refractivity contribution is 6.53. The maximum atomic E-state index is 12.0. The summed E-state index contributed by atoms with van der Waals surface area (Å²) in [5.41, 5.74) is -0.409. The lowest BCUT2D eigenvalue weighted by atomic mass is 10.1. The van der Waals surface area contributed by atoms with Crippen molar-refractivity contribution in [3.8, 4) is 0 Å². The monoisotopic (exact) mass is 300 g/mol. The van der Waals surface area contributed by atoms with Gasteiger partial charge in [-0.25, -0.2) is 0 Å². The van der Waals surface area contributed by atoms with E-state index in [1.165, 1.54) is 0 Å². The van der Waals surface area contributed by atoms with Gasteiger partial charge in [0.05, 0.1) is 0 Å². The van der Waals surface area contributed by atoms with E-state index in [0.29, 0.717) is 12.0 Å². The van der Waals surface area contributed by atoms with Crippen LogP contribution >= 0.6 is 23.2 Å². The molecule has 0 heterocycles. The van der Waals surface area contributed by atoms with E-state index < -0.39 is 21.8 Å². The molecule has 1 aromatic rings. The summed E-state index contributed by atoms with van der Waals surface area (Å²) >= 11 is 11.8. The fraction of sp³-hybridized carbons (Fsp3) is 0.429. The Balaban J connectivity index is 2.01. The Morgan fingerprint density at radius 1 is 1.26 bits per heavy atom. The largest absolute Gasteiger partial charge is 0.454 e. The number of carbonyl (C=O) groups is 2. The second kappa shape index (κ2) is 4.80. The number of Topliss-reactive ketones (excluding diaryl/α,β-unsaturated/α-hetero) is 1. The molecular formula is C14H14Cl2O3. The van der Waals surface area contributed by atoms with Crippen LogP contribution in [0.25, 0.3) is 0 Å². The topological polar surface area (TPSA) is 43.4 Å². The van der Waals surface area contributed by atoms with E-state index in [1.807, 2.05) is 6.07 Å². The van der Waals surface area contributed by atoms with Gasteiger partial charge in [-0.15, -0.1) is 23.2 Å². The van der Waals surface area contributed by atoms with Crippen LogP contribution in [-0.2, 0) is 9.53 Å². The van der Waals surface area contributed by atoms with Crippen LogP contribution in [0.3, 0.4) is 0 Å². The first-order chi connectivity index (χ1) is 8.78. The van der Waals surface area contributed by atoms with Gasteiger partial charge >= 0.3 is 5.97 Å². The number of ketones is 1. The van der Waals surface area contributed by atoms with E-state index in [0.717, 1.165) is 0 Å². The summed E-state index contributed by atoms with van der Waals surface area (Å²) in [7, 11) is 0. The van der Waals surface area contributed by atoms with Gasteiger partial charge in [-0.05, 0) is 13.8 Å². The van der Waals surface area contributed by atoms with Gasteiger partial charge in [0.1, 0.15) is 9.75 Å². The maximum absolute atomic E-state index is 12.0. The van der Waals surface area contributed by atoms with E-state index in [1.54, 1.807) is 38.1 Å². The molecule has 0 saturated heterocycles. The molecule has 1 fully saturated rings. The number of carbonyl (C=O) groups excluding carboxylic acids is 2. The van der Waals surface area contributed by atoms with Gasteiger partial charge in [0, 0.05) is 12.0 Å². The number of esters is 1. The number of hydrogen-bond donors (Lipinski definition) is 0. The predicted octanol–water partition coefficient (Wildman–Crippen LogP) is 3.38. The summed E-state index contributed by atoms with van der Waals surface area (Å²) in [5.74, 6) is -0.776. The van der Waals surface area contributed by atoms with E-state index in [-0.39, 0.29) is 5.78 Å². The Kier molecular flexibility index (Phi) is 3.63. The zero-order valence-electron chi connectivity index (χ0n) is 10.7. The van der Waals surface area contributed by atoms with Crippen molar-refractivity contribution in [3.05, 3.63) is 35.9 Å². The first kappa shape index (κ1) is 14.4. The fourth-order valence-electron chi connectivity index (χ4n) is 1.80. The van der Waals surface area contributed by atoms with Crippen LogP contribution in [0, 0.1) is 5.41 Å². The Labute approximate surface area is 121 Å². The van der Waals surface area contributed by atoms with Crippen LogP contribution in [0.5, 0.6) is 0 Å². The number of halogens is 2. The summed E-state index contributed by atoms with van der Waals surface area (Å²) in [5, 5.41) is 0. The maximum Gasteiger partial charge on any atom is 0.315 e. The second-order valence-electron chi connectivity index (χ2n) is 4.99. The Bertz CT molecular complexity index is 513. The standard InChI is InChI=1S/C14H14Cl2O3/c1-9(11(17)10-6-4-3-5-7-10)19-12(18)13(2)8-14(13,15)16/h3-7,9H,8H2,1-2H3. The van der Waals surface area contributed by atoms with E-state index in [4.69, 9.17) is 27.9 Å². The molecule has 0 bridgehead atoms. The van der Waals surface area contributed by atoms with Crippen molar-refractivity contribution in [1.82, 2.24) is 0 Å². The quantitative estimate of drug-likeness (QED) is 0.486. The summed E-state index contributed by atoms with van der Waals surface area (Å²) in [6, 6.07) is 8.69. The highest BCUT2D eigenvalue weighted by atomic mass is 35.5. The van der Waals surface area contributed by atoms with Crippen LogP contribution < -0.4 is 0 Å². The van der Waals surface area contributed by atoms with E-state index >= 15 is 0 Å². The summed E-state index contributed by atoms with van der Waals surface area (Å²) in [6.45, 7) is 3.18. The third kappa shape index (κ3) is 2.63. The highest BCUT2D eigenvalue weighted by Crippen LogP contribution is 2.64. The molecule has 1 aliphatic rings. The van der Waals surface area contributed by atoms with Gasteiger partial charge in [0.15, 0.2) is 6.10 Å². The molecule has 0 aromatic heterocycles. The van der Waals surface area contributed by atoms with Crippen molar-refractivity contribution in [2.45, 2.75) is 30.7 Å². The van der Waals surface area contributed by atoms with Gasteiger partial charge in [-0.1, -0.05) is 30.3 Å². The summed E-state index contributed by atoms with van der Waals surface area (Å²) in [6.07, 6.45) is -0.509. The normalized spacial score (nSPS) is 25.5. The molecule has 0 spiro atoms. The minimum atomic E-state index is -1.08. The lowest BCUT2D eigenvalue weighted by Gasteiger charge is -2.16. The molecule has 3 nitrogen and oxygen atoms in total. The van der Waals surface area contributed by atoms with Crippen LogP contribution in [0.1, 0.15) is 30.6 Å². The zero-order valence-corrected chi connectivity index (χ0v) is 12.2. The van der Waals surface area contributed by atoms with Gasteiger partial charge in [0.25, 0.3) is 0 Å². The van der Waals surface area contributed by atoms with E-state index in [9.17, 15) is 9.59 Å². The molecule has 5 heteroatoms. The smallest absolute Gasteiger partial charge is 0.315 e. The number of alkyl halides is 2. The first-order valence-electron chi connectivity index (χ1n) is 5.96. The molecule has 1 aliphatic carbocycles. The average molecular weight is 301 g/mol. The summed E-state index contributed by atoms with van der Waals surface area (Å²) < 4.78 is 4.09. The van der Waals surface area contributed by atoms with Gasteiger partial charge in [0.2, 0.25) is 5.78 Å². The number of rotatable bonds is 4. The Morgan fingerprint density at radius 2 is 1.79 bits per heavy atom. The van der Waals surface area contributed by atoms with Crippen LogP contribution in [0.15, 0.2) is 30.3 Å². The number of hydrogen-bond acceptors (Lipinski definition) is 3. The molecular weight excluding hydrogens is 287 g/mol. The third-order valence-corrected chi connectivity index (χ3v) is 4.52. The lowest BCUT2D eigenvalue weighted by Crippen LogP contribution is -2.30. The molecule has 2 atom stereocenters. The van der Waals surface area contributed by atoms with Crippen LogP contribution in [0.4, 0.5) is 0 Å². The first-order valence-corrected chi connectivity index (χ1v) is 6.72. The van der Waals surface area contributed by atoms with Crippen molar-refractivity contribution < 1.29 is 14.3 Å². The van der Waals surface area contributed by atoms with E-state index in [2.05, 4.69) is 0 Å². The van der Waals surface area contributed by atoms with Crippen molar-refractivity contribution in [1.29, 1.82) is 0 Å². The van der Waals surface area contributed by atoms with Crippen LogP contribution in [-0.4, -0.2) is 22.2 Å². The second-order valence-corrected chi connectivity index (χ2v) is 6.48. The lowest BCUT2D eigenvalue weighted by molar-refractivity contribution is -0.152. The van der Waals surface area contributed by atoms with Crippen molar-refractivity contribution >= 4 is 35.0 Å². The summed E-state index contributed by atoms with van der Waals surface area (Å²) in [4.78, 5) is 24.0. The van der Waals surface area contributed by atoms with Crippen molar-refractivity contribution in [3.63, 3.8) is 0 Å². The zero-order chi connectivity index (χ0) is 14.3. The minimum absolute atomic E-state index is 0.243. The Hall–Kier alpha value is -1.06. The molecule has 0 radical (unpaired) electrons. The number of benzene rings is 1.